The van der Waals surface area contributed by atoms with E-state index < -0.39 is 0 Å². The Bertz CT molecular complexity index is 506. The van der Waals surface area contributed by atoms with Gasteiger partial charge in [0.25, 0.3) is 0 Å². The van der Waals surface area contributed by atoms with Gasteiger partial charge in [-0.1, -0.05) is 42.5 Å². The molecule has 0 atom stereocenters. The van der Waals surface area contributed by atoms with Gasteiger partial charge in [-0.15, -0.1) is 0 Å². The van der Waals surface area contributed by atoms with Crippen molar-refractivity contribution in [3.05, 3.63) is 48.0 Å². The highest BCUT2D eigenvalue weighted by molar-refractivity contribution is 5.85. The standard InChI is InChI=1S/C16H22N/c1-13(2)17(3,4)12-15-10-7-9-14-8-5-6-11-16(14)15/h5-11,13H,12H2,1-4H3/q+1. The molecule has 0 N–H and O–H groups in total. The minimum atomic E-state index is 0.633. The summed E-state index contributed by atoms with van der Waals surface area (Å²) in [6.45, 7) is 5.65. The molecule has 0 amide bonds. The molecule has 0 saturated heterocycles. The predicted molar refractivity (Wildman–Crippen MR) is 74.9 cm³/mol. The van der Waals surface area contributed by atoms with E-state index >= 15 is 0 Å². The quantitative estimate of drug-likeness (QED) is 0.700. The van der Waals surface area contributed by atoms with Gasteiger partial charge in [-0.05, 0) is 24.6 Å². The lowest BCUT2D eigenvalue weighted by Crippen LogP contribution is -2.44. The molecule has 0 spiro atoms. The summed E-state index contributed by atoms with van der Waals surface area (Å²) in [7, 11) is 4.60. The molecule has 0 aliphatic carbocycles. The van der Waals surface area contributed by atoms with Crippen LogP contribution in [-0.2, 0) is 6.54 Å². The first-order valence-electron chi connectivity index (χ1n) is 6.30. The Morgan fingerprint density at radius 1 is 0.941 bits per heavy atom. The van der Waals surface area contributed by atoms with Crippen molar-refractivity contribution in [1.82, 2.24) is 0 Å². The summed E-state index contributed by atoms with van der Waals surface area (Å²) in [5.41, 5.74) is 1.45. The van der Waals surface area contributed by atoms with Crippen LogP contribution in [0.25, 0.3) is 10.8 Å². The first-order chi connectivity index (χ1) is 8.00. The first-order valence-corrected chi connectivity index (χ1v) is 6.30. The van der Waals surface area contributed by atoms with E-state index in [1.165, 1.54) is 16.3 Å². The van der Waals surface area contributed by atoms with E-state index in [0.717, 1.165) is 11.0 Å². The summed E-state index contributed by atoms with van der Waals surface area (Å²) >= 11 is 0. The van der Waals surface area contributed by atoms with Gasteiger partial charge in [0.05, 0.1) is 20.1 Å². The second-order valence-corrected chi connectivity index (χ2v) is 5.67. The maximum absolute atomic E-state index is 2.30. The van der Waals surface area contributed by atoms with Crippen LogP contribution in [0, 0.1) is 0 Å². The number of hydrogen-bond acceptors (Lipinski definition) is 0. The van der Waals surface area contributed by atoms with Crippen molar-refractivity contribution in [3.63, 3.8) is 0 Å². The molecule has 1 heteroatoms. The van der Waals surface area contributed by atoms with Crippen LogP contribution >= 0.6 is 0 Å². The second-order valence-electron chi connectivity index (χ2n) is 5.67. The Kier molecular flexibility index (Phi) is 3.21. The molecule has 0 heterocycles. The molecule has 0 bridgehead atoms. The smallest absolute Gasteiger partial charge is 0.105 e. The highest BCUT2D eigenvalue weighted by Crippen LogP contribution is 2.22. The molecule has 0 aliphatic rings. The van der Waals surface area contributed by atoms with E-state index in [1.807, 2.05) is 0 Å². The summed E-state index contributed by atoms with van der Waals surface area (Å²) in [5, 5.41) is 2.73. The van der Waals surface area contributed by atoms with Crippen LogP contribution in [0.2, 0.25) is 0 Å². The van der Waals surface area contributed by atoms with Crippen LogP contribution in [0.3, 0.4) is 0 Å². The third kappa shape index (κ3) is 2.50. The molecule has 17 heavy (non-hydrogen) atoms. The maximum atomic E-state index is 2.30. The van der Waals surface area contributed by atoms with Crippen LogP contribution in [0.4, 0.5) is 0 Å². The molecule has 2 rings (SSSR count). The van der Waals surface area contributed by atoms with Gasteiger partial charge in [-0.25, -0.2) is 0 Å². The van der Waals surface area contributed by atoms with Gasteiger partial charge in [0.15, 0.2) is 0 Å². The van der Waals surface area contributed by atoms with Crippen LogP contribution in [-0.4, -0.2) is 24.6 Å². The topological polar surface area (TPSA) is 0 Å². The van der Waals surface area contributed by atoms with Crippen LogP contribution in [0.1, 0.15) is 19.4 Å². The van der Waals surface area contributed by atoms with Gasteiger partial charge < -0.3 is 4.48 Å². The van der Waals surface area contributed by atoms with E-state index in [-0.39, 0.29) is 0 Å². The molecule has 0 fully saturated rings. The van der Waals surface area contributed by atoms with Crippen molar-refractivity contribution in [2.24, 2.45) is 0 Å². The van der Waals surface area contributed by atoms with Crippen LogP contribution in [0.15, 0.2) is 42.5 Å². The van der Waals surface area contributed by atoms with Crippen LogP contribution in [0.5, 0.6) is 0 Å². The molecule has 0 aliphatic heterocycles. The van der Waals surface area contributed by atoms with E-state index in [1.54, 1.807) is 0 Å². The molecule has 0 radical (unpaired) electrons. The largest absolute Gasteiger partial charge is 0.323 e. The lowest BCUT2D eigenvalue weighted by molar-refractivity contribution is -0.924. The predicted octanol–water partition coefficient (Wildman–Crippen LogP) is 3.82. The maximum Gasteiger partial charge on any atom is 0.105 e. The Morgan fingerprint density at radius 2 is 1.59 bits per heavy atom. The van der Waals surface area contributed by atoms with Crippen molar-refractivity contribution >= 4 is 10.8 Å². The average molecular weight is 228 g/mol. The third-order valence-electron chi connectivity index (χ3n) is 3.86. The van der Waals surface area contributed by atoms with Gasteiger partial charge in [0.2, 0.25) is 0 Å². The second kappa shape index (κ2) is 4.50. The average Bonchev–Trinajstić information content (AvgIpc) is 2.29. The van der Waals surface area contributed by atoms with Gasteiger partial charge in [0, 0.05) is 5.56 Å². The Hall–Kier alpha value is -1.34. The zero-order chi connectivity index (χ0) is 12.5. The van der Waals surface area contributed by atoms with E-state index in [4.69, 9.17) is 0 Å². The Morgan fingerprint density at radius 3 is 2.29 bits per heavy atom. The molecular formula is C16H22N+. The monoisotopic (exact) mass is 228 g/mol. The van der Waals surface area contributed by atoms with Crippen molar-refractivity contribution in [1.29, 1.82) is 0 Å². The summed E-state index contributed by atoms with van der Waals surface area (Å²) in [6.07, 6.45) is 0. The molecule has 0 saturated carbocycles. The minimum absolute atomic E-state index is 0.633. The number of hydrogen-bond donors (Lipinski definition) is 0. The first kappa shape index (κ1) is 12.1. The van der Waals surface area contributed by atoms with E-state index in [9.17, 15) is 0 Å². The van der Waals surface area contributed by atoms with Crippen molar-refractivity contribution < 1.29 is 4.48 Å². The number of nitrogens with zero attached hydrogens (tertiary/aromatic N) is 1. The minimum Gasteiger partial charge on any atom is -0.323 e. The lowest BCUT2D eigenvalue weighted by atomic mass is 10.0. The van der Waals surface area contributed by atoms with Gasteiger partial charge in [-0.2, -0.15) is 0 Å². The zero-order valence-corrected chi connectivity index (χ0v) is 11.3. The molecule has 90 valence electrons. The molecule has 2 aromatic rings. The van der Waals surface area contributed by atoms with Crippen molar-refractivity contribution in [2.45, 2.75) is 26.4 Å². The number of fused-ring (bicyclic) bond motifs is 1. The van der Waals surface area contributed by atoms with Crippen molar-refractivity contribution in [2.75, 3.05) is 14.1 Å². The van der Waals surface area contributed by atoms with Crippen molar-refractivity contribution in [3.8, 4) is 0 Å². The van der Waals surface area contributed by atoms with Gasteiger partial charge in [0.1, 0.15) is 6.54 Å². The summed E-state index contributed by atoms with van der Waals surface area (Å²) in [6, 6.07) is 15.9. The summed E-state index contributed by atoms with van der Waals surface area (Å²) < 4.78 is 1.02. The highest BCUT2D eigenvalue weighted by Gasteiger charge is 2.20. The molecule has 0 aromatic heterocycles. The fourth-order valence-corrected chi connectivity index (χ4v) is 2.05. The van der Waals surface area contributed by atoms with Gasteiger partial charge in [-0.3, -0.25) is 0 Å². The SMILES string of the molecule is CC(C)[N+](C)(C)Cc1cccc2ccccc12. The fourth-order valence-electron chi connectivity index (χ4n) is 2.05. The molecule has 2 aromatic carbocycles. The van der Waals surface area contributed by atoms with Gasteiger partial charge >= 0.3 is 0 Å². The number of rotatable bonds is 3. The summed E-state index contributed by atoms with van der Waals surface area (Å²) in [5.74, 6) is 0. The highest BCUT2D eigenvalue weighted by atomic mass is 15.3. The zero-order valence-electron chi connectivity index (χ0n) is 11.3. The molecular weight excluding hydrogens is 206 g/mol. The Labute approximate surface area is 104 Å². The molecule has 0 unspecified atom stereocenters. The normalized spacial score (nSPS) is 12.3. The summed E-state index contributed by atoms with van der Waals surface area (Å²) in [4.78, 5) is 0. The van der Waals surface area contributed by atoms with E-state index in [0.29, 0.717) is 6.04 Å². The fraction of sp³-hybridized carbons (Fsp3) is 0.375. The number of quaternary nitrogens is 1. The lowest BCUT2D eigenvalue weighted by Gasteiger charge is -2.34. The Balaban J connectivity index is 2.43. The molecule has 1 nitrogen and oxygen atoms in total. The van der Waals surface area contributed by atoms with Crippen LogP contribution < -0.4 is 0 Å². The number of benzene rings is 2. The third-order valence-corrected chi connectivity index (χ3v) is 3.86. The van der Waals surface area contributed by atoms with E-state index in [2.05, 4.69) is 70.4 Å².